The first-order chi connectivity index (χ1) is 26.1. The first kappa shape index (κ1) is 38.8. The smallest absolute Gasteiger partial charge is 0.183 e. The van der Waals surface area contributed by atoms with E-state index in [-0.39, 0.29) is 55.1 Å². The molecule has 0 radical (unpaired) electrons. The summed E-state index contributed by atoms with van der Waals surface area (Å²) in [7, 11) is 0. The van der Waals surface area contributed by atoms with Crippen molar-refractivity contribution in [3.63, 3.8) is 0 Å². The van der Waals surface area contributed by atoms with Gasteiger partial charge < -0.3 is 40.9 Å². The average Bonchev–Trinajstić information content (AvgIpc) is 3.73. The van der Waals surface area contributed by atoms with Crippen molar-refractivity contribution in [1.82, 2.24) is 10.2 Å². The minimum Gasteiger partial charge on any atom is -0.508 e. The number of carbonyl (C=O) groups is 1. The van der Waals surface area contributed by atoms with Gasteiger partial charge in [0, 0.05) is 50.0 Å². The van der Waals surface area contributed by atoms with Crippen molar-refractivity contribution >= 4 is 12.0 Å². The highest BCUT2D eigenvalue weighted by Gasteiger charge is 2.31. The van der Waals surface area contributed by atoms with Crippen LogP contribution < -0.4 is 15.8 Å². The summed E-state index contributed by atoms with van der Waals surface area (Å²) < 4.78 is 6.36. The molecule has 3 aliphatic heterocycles. The Morgan fingerprint density at radius 2 is 1.89 bits per heavy atom. The first-order valence-electron chi connectivity index (χ1n) is 18.7. The van der Waals surface area contributed by atoms with Gasteiger partial charge in [0.25, 0.3) is 0 Å². The molecule has 11 nitrogen and oxygen atoms in total. The topological polar surface area (TPSA) is 181 Å². The SMILES string of the molecule is CCCC(O)CC(O)CC(=O)CCc1cc(OC2CC#CC(O)c3ccc(C(N)NCCc4ccccc4)cc3CC3=C4CN2C=C4N=C3)c(O)cc1O. The Balaban J connectivity index is 1.16. The van der Waals surface area contributed by atoms with Crippen LogP contribution in [0, 0.1) is 11.8 Å². The number of phenols is 2. The second-order valence-electron chi connectivity index (χ2n) is 14.3. The Hall–Kier alpha value is -4.96. The highest BCUT2D eigenvalue weighted by molar-refractivity contribution is 5.87. The van der Waals surface area contributed by atoms with Crippen LogP contribution in [-0.2, 0) is 24.1 Å². The van der Waals surface area contributed by atoms with Crippen LogP contribution in [0.4, 0.5) is 0 Å². The van der Waals surface area contributed by atoms with Crippen LogP contribution in [0.15, 0.2) is 88.7 Å². The minimum absolute atomic E-state index is 0.0539. The third-order valence-corrected chi connectivity index (χ3v) is 10.1. The molecule has 284 valence electrons. The molecule has 3 aromatic carbocycles. The maximum atomic E-state index is 12.6. The number of phenolic OH excluding ortho intramolecular Hbond substituents is 2. The monoisotopic (exact) mass is 734 g/mol. The zero-order chi connectivity index (χ0) is 38.2. The van der Waals surface area contributed by atoms with Gasteiger partial charge in [0.05, 0.1) is 30.5 Å². The molecule has 5 atom stereocenters. The van der Waals surface area contributed by atoms with Crippen LogP contribution in [0.1, 0.15) is 85.5 Å². The molecule has 0 aliphatic carbocycles. The lowest BCUT2D eigenvalue weighted by Gasteiger charge is -2.28. The Morgan fingerprint density at radius 3 is 2.69 bits per heavy atom. The van der Waals surface area contributed by atoms with Crippen LogP contribution in [-0.4, -0.2) is 74.0 Å². The Kier molecular flexibility index (Phi) is 12.9. The number of nitrogens with two attached hydrogens (primary N) is 1. The zero-order valence-corrected chi connectivity index (χ0v) is 30.6. The van der Waals surface area contributed by atoms with Crippen molar-refractivity contribution in [3.05, 3.63) is 112 Å². The summed E-state index contributed by atoms with van der Waals surface area (Å²) in [6.45, 7) is 3.15. The number of nitrogens with zero attached hydrogens (tertiary/aromatic N) is 2. The van der Waals surface area contributed by atoms with E-state index in [1.165, 1.54) is 17.7 Å². The van der Waals surface area contributed by atoms with E-state index in [9.17, 15) is 30.3 Å². The fourth-order valence-corrected chi connectivity index (χ4v) is 7.14. The molecule has 5 unspecified atom stereocenters. The first-order valence-corrected chi connectivity index (χ1v) is 18.7. The van der Waals surface area contributed by atoms with E-state index in [0.29, 0.717) is 37.1 Å². The van der Waals surface area contributed by atoms with Gasteiger partial charge in [-0.05, 0) is 71.6 Å². The number of aromatic hydroxyl groups is 2. The lowest BCUT2D eigenvalue weighted by molar-refractivity contribution is -0.121. The minimum atomic E-state index is -1.07. The van der Waals surface area contributed by atoms with E-state index in [1.807, 2.05) is 60.6 Å². The molecule has 8 N–H and O–H groups in total. The lowest BCUT2D eigenvalue weighted by Crippen LogP contribution is -2.35. The number of aliphatic hydroxyl groups excluding tert-OH is 3. The molecule has 6 rings (SSSR count). The number of aliphatic hydroxyl groups is 3. The van der Waals surface area contributed by atoms with Gasteiger partial charge in [0.15, 0.2) is 17.7 Å². The van der Waals surface area contributed by atoms with Crippen molar-refractivity contribution in [3.8, 4) is 29.1 Å². The van der Waals surface area contributed by atoms with Gasteiger partial charge in [-0.1, -0.05) is 73.7 Å². The number of aliphatic imine (C=N–C) groups is 1. The van der Waals surface area contributed by atoms with Gasteiger partial charge in [-0.25, -0.2) is 0 Å². The van der Waals surface area contributed by atoms with E-state index < -0.39 is 30.7 Å². The number of ketones is 1. The summed E-state index contributed by atoms with van der Waals surface area (Å²) >= 11 is 0. The van der Waals surface area contributed by atoms with E-state index in [4.69, 9.17) is 10.5 Å². The highest BCUT2D eigenvalue weighted by Crippen LogP contribution is 2.38. The van der Waals surface area contributed by atoms with Crippen molar-refractivity contribution in [2.24, 2.45) is 10.7 Å². The van der Waals surface area contributed by atoms with Crippen LogP contribution in [0.5, 0.6) is 17.2 Å². The number of fused-ring (bicyclic) bond motifs is 2. The van der Waals surface area contributed by atoms with Crippen molar-refractivity contribution in [2.45, 2.75) is 95.4 Å². The normalized spacial score (nSPS) is 19.2. The lowest BCUT2D eigenvalue weighted by atomic mass is 9.92. The fourth-order valence-electron chi connectivity index (χ4n) is 7.14. The molecule has 3 aromatic rings. The van der Waals surface area contributed by atoms with Crippen LogP contribution in [0.3, 0.4) is 0 Å². The summed E-state index contributed by atoms with van der Waals surface area (Å²) in [6.07, 6.45) is 3.17. The summed E-state index contributed by atoms with van der Waals surface area (Å²) in [5.41, 5.74) is 13.6. The number of benzene rings is 3. The number of rotatable bonds is 16. The van der Waals surface area contributed by atoms with E-state index >= 15 is 0 Å². The average molecular weight is 735 g/mol. The largest absolute Gasteiger partial charge is 0.508 e. The fraction of sp³-hybridized carbons (Fsp3) is 0.395. The predicted octanol–water partition coefficient (Wildman–Crippen LogP) is 4.62. The standard InChI is InChI=1S/C43H50N4O7/c1-2-7-32(48)21-34(50)22-33(49)14-12-28-20-41(40(53)23-39(28)52)54-42-11-6-10-38(51)35-15-13-29(43(44)45-17-16-27-8-4-3-5-9-27)18-30(35)19-31-24-46-37-26-47(42)25-36(31)37/h3-5,8-9,13,15,18,20,23-24,26,32,34,38,42-43,45,48,50-53H,2,7,11-12,14,16-17,19,21-22,25,44H2,1H3. The number of Topliss-reactive ketones (excluding diaryl/α,β-unsaturated/α-hetero) is 1. The van der Waals surface area contributed by atoms with E-state index in [1.54, 1.807) is 0 Å². The molecule has 2 bridgehead atoms. The van der Waals surface area contributed by atoms with Crippen LogP contribution in [0.25, 0.3) is 0 Å². The molecule has 54 heavy (non-hydrogen) atoms. The van der Waals surface area contributed by atoms with Gasteiger partial charge >= 0.3 is 0 Å². The molecule has 0 saturated carbocycles. The summed E-state index contributed by atoms with van der Waals surface area (Å²) in [5, 5.41) is 56.3. The summed E-state index contributed by atoms with van der Waals surface area (Å²) in [4.78, 5) is 19.3. The Morgan fingerprint density at radius 1 is 1.07 bits per heavy atom. The third-order valence-electron chi connectivity index (χ3n) is 10.1. The van der Waals surface area contributed by atoms with Crippen molar-refractivity contribution in [1.29, 1.82) is 0 Å². The molecule has 0 saturated heterocycles. The van der Waals surface area contributed by atoms with Gasteiger partial charge in [-0.2, -0.15) is 0 Å². The van der Waals surface area contributed by atoms with Gasteiger partial charge in [-0.15, -0.1) is 0 Å². The van der Waals surface area contributed by atoms with Gasteiger partial charge in [0.1, 0.15) is 17.6 Å². The molecule has 0 spiro atoms. The quantitative estimate of drug-likeness (QED) is 0.0811. The molecule has 3 aliphatic rings. The molecule has 3 heterocycles. The van der Waals surface area contributed by atoms with Gasteiger partial charge in [0.2, 0.25) is 0 Å². The molecule has 0 aromatic heterocycles. The Labute approximate surface area is 316 Å². The number of hydrogen-bond donors (Lipinski definition) is 7. The third kappa shape index (κ3) is 9.77. The number of carbonyl (C=O) groups excluding carboxylic acids is 1. The summed E-state index contributed by atoms with van der Waals surface area (Å²) in [5.74, 6) is 5.53. The molecule has 0 fully saturated rings. The maximum absolute atomic E-state index is 12.6. The second-order valence-corrected chi connectivity index (χ2v) is 14.3. The maximum Gasteiger partial charge on any atom is 0.183 e. The van der Waals surface area contributed by atoms with Crippen molar-refractivity contribution in [2.75, 3.05) is 13.1 Å². The van der Waals surface area contributed by atoms with E-state index in [0.717, 1.165) is 40.8 Å². The predicted molar refractivity (Wildman–Crippen MR) is 207 cm³/mol. The molecule has 11 heteroatoms. The second kappa shape index (κ2) is 17.9. The molecular formula is C43H50N4O7. The van der Waals surface area contributed by atoms with E-state index in [2.05, 4.69) is 34.3 Å². The number of allylic oxidation sites excluding steroid dienone is 1. The highest BCUT2D eigenvalue weighted by atomic mass is 16.5. The van der Waals surface area contributed by atoms with Crippen molar-refractivity contribution < 1.29 is 35.1 Å². The number of nitrogens with one attached hydrogen (secondary N) is 1. The van der Waals surface area contributed by atoms with Crippen LogP contribution in [0.2, 0.25) is 0 Å². The number of hydrogen-bond acceptors (Lipinski definition) is 11. The zero-order valence-electron chi connectivity index (χ0n) is 30.6. The summed E-state index contributed by atoms with van der Waals surface area (Å²) in [6, 6.07) is 18.8. The molecule has 0 amide bonds. The molecular weight excluding hydrogens is 684 g/mol. The number of ether oxygens (including phenoxy) is 1. The number of aryl methyl sites for hydroxylation is 1. The Bertz CT molecular complexity index is 1970. The van der Waals surface area contributed by atoms with Gasteiger partial charge in [-0.3, -0.25) is 15.1 Å². The van der Waals surface area contributed by atoms with Crippen LogP contribution >= 0.6 is 0 Å².